The first-order valence-corrected chi connectivity index (χ1v) is 39.8. The second-order valence-corrected chi connectivity index (χ2v) is 30.0. The van der Waals surface area contributed by atoms with Gasteiger partial charge in [-0.25, -0.2) is 9.13 Å². The van der Waals surface area contributed by atoms with Gasteiger partial charge in [0.05, 0.1) is 26.4 Å². The number of phosphoric acid groups is 2. The average molecular weight is 1330 g/mol. The number of hydrogen-bond donors (Lipinski definition) is 3. The zero-order chi connectivity index (χ0) is 66.6. The molecule has 0 rings (SSSR count). The highest BCUT2D eigenvalue weighted by Gasteiger charge is 2.30. The van der Waals surface area contributed by atoms with Crippen molar-refractivity contribution in [3.63, 3.8) is 0 Å². The number of esters is 4. The normalized spacial score (nSPS) is 14.2. The first-order valence-electron chi connectivity index (χ1n) is 36.8. The Morgan fingerprint density at radius 3 is 0.756 bits per heavy atom. The van der Waals surface area contributed by atoms with E-state index in [1.807, 2.05) is 0 Å². The number of ether oxygens (including phenoxy) is 4. The van der Waals surface area contributed by atoms with E-state index in [9.17, 15) is 43.2 Å². The van der Waals surface area contributed by atoms with E-state index in [-0.39, 0.29) is 25.7 Å². The third kappa shape index (κ3) is 64.8. The highest BCUT2D eigenvalue weighted by molar-refractivity contribution is 7.47. The quantitative estimate of drug-likeness (QED) is 0.0222. The number of phosphoric ester groups is 2. The van der Waals surface area contributed by atoms with Crippen molar-refractivity contribution in [3.05, 3.63) is 0 Å². The number of unbranched alkanes of at least 4 members (excludes halogenated alkanes) is 37. The molecule has 90 heavy (non-hydrogen) atoms. The van der Waals surface area contributed by atoms with E-state index in [1.54, 1.807) is 0 Å². The van der Waals surface area contributed by atoms with Crippen LogP contribution < -0.4 is 0 Å². The fourth-order valence-corrected chi connectivity index (χ4v) is 12.3. The Morgan fingerprint density at radius 2 is 0.511 bits per heavy atom. The van der Waals surface area contributed by atoms with E-state index >= 15 is 0 Å². The Morgan fingerprint density at radius 1 is 0.300 bits per heavy atom. The van der Waals surface area contributed by atoms with Gasteiger partial charge in [-0.15, -0.1) is 0 Å². The van der Waals surface area contributed by atoms with Crippen LogP contribution in [0.25, 0.3) is 0 Å². The topological polar surface area (TPSA) is 237 Å². The molecular formula is C71H138O17P2. The molecule has 0 bridgehead atoms. The van der Waals surface area contributed by atoms with Crippen molar-refractivity contribution in [3.8, 4) is 0 Å². The highest BCUT2D eigenvalue weighted by atomic mass is 31.2. The average Bonchev–Trinajstić information content (AvgIpc) is 2.91. The summed E-state index contributed by atoms with van der Waals surface area (Å²) in [4.78, 5) is 72.5. The summed E-state index contributed by atoms with van der Waals surface area (Å²) in [5.74, 6) is 0.0334. The van der Waals surface area contributed by atoms with Gasteiger partial charge in [0.15, 0.2) is 12.2 Å². The molecule has 0 spiro atoms. The smallest absolute Gasteiger partial charge is 0.462 e. The standard InChI is InChI=1S/C71H138O17P2/c1-8-9-10-11-12-13-14-15-16-19-22-25-30-38-45-52-68(73)81-58-66(87-70(75)54-47-40-31-26-23-20-17-18-21-24-28-35-42-49-62(2)3)60-85-89(77,78)83-56-65(72)57-84-90(79,80)86-61-67(59-82-69(74)53-46-39-34-33-37-44-51-64(6)7)88-71(76)55-48-41-32-27-29-36-43-50-63(4)5/h62-67,72H,8-61H2,1-7H3,(H,77,78)(H,79,80)/t65-,66-,67-/m1/s1. The minimum Gasteiger partial charge on any atom is -0.462 e. The Bertz CT molecular complexity index is 1770. The van der Waals surface area contributed by atoms with Gasteiger partial charge in [-0.05, 0) is 43.4 Å². The van der Waals surface area contributed by atoms with Crippen molar-refractivity contribution < 1.29 is 80.2 Å². The minimum absolute atomic E-state index is 0.102. The minimum atomic E-state index is -4.95. The second kappa shape index (κ2) is 61.9. The molecule has 0 amide bonds. The lowest BCUT2D eigenvalue weighted by Crippen LogP contribution is -2.30. The van der Waals surface area contributed by atoms with E-state index in [2.05, 4.69) is 48.5 Å². The molecule has 0 aromatic heterocycles. The molecule has 0 heterocycles. The first-order chi connectivity index (χ1) is 43.2. The molecule has 0 radical (unpaired) electrons. The van der Waals surface area contributed by atoms with Gasteiger partial charge >= 0.3 is 39.5 Å². The summed E-state index contributed by atoms with van der Waals surface area (Å²) in [6.45, 7) is 11.7. The third-order valence-electron chi connectivity index (χ3n) is 16.4. The Balaban J connectivity index is 5.23. The number of carbonyl (C=O) groups excluding carboxylic acids is 4. The SMILES string of the molecule is CCCCCCCCCCCCCCCCCC(=O)OC[C@H](COP(=O)(O)OC[C@@H](O)COP(=O)(O)OC[C@@H](COC(=O)CCCCCCCCC(C)C)OC(=O)CCCCCCCCCC(C)C)OC(=O)CCCCCCCCCCCCCCCC(C)C. The summed E-state index contributed by atoms with van der Waals surface area (Å²) in [5, 5.41) is 10.6. The predicted octanol–water partition coefficient (Wildman–Crippen LogP) is 20.2. The van der Waals surface area contributed by atoms with Crippen LogP contribution in [0.2, 0.25) is 0 Å². The van der Waals surface area contributed by atoms with Crippen LogP contribution >= 0.6 is 15.6 Å². The van der Waals surface area contributed by atoms with Crippen LogP contribution in [0.1, 0.15) is 357 Å². The van der Waals surface area contributed by atoms with Crippen molar-refractivity contribution in [2.45, 2.75) is 375 Å². The van der Waals surface area contributed by atoms with Crippen LogP contribution in [0.3, 0.4) is 0 Å². The van der Waals surface area contributed by atoms with Crippen molar-refractivity contribution >= 4 is 39.5 Å². The lowest BCUT2D eigenvalue weighted by atomic mass is 10.0. The molecule has 0 aromatic carbocycles. The van der Waals surface area contributed by atoms with Crippen molar-refractivity contribution in [1.29, 1.82) is 0 Å². The van der Waals surface area contributed by atoms with Crippen molar-refractivity contribution in [2.75, 3.05) is 39.6 Å². The van der Waals surface area contributed by atoms with Crippen LogP contribution in [-0.4, -0.2) is 96.7 Å². The third-order valence-corrected chi connectivity index (χ3v) is 18.3. The van der Waals surface area contributed by atoms with Gasteiger partial charge in [0.25, 0.3) is 0 Å². The van der Waals surface area contributed by atoms with Crippen molar-refractivity contribution in [1.82, 2.24) is 0 Å². The fourth-order valence-electron chi connectivity index (χ4n) is 10.7. The van der Waals surface area contributed by atoms with Gasteiger partial charge in [-0.3, -0.25) is 37.3 Å². The molecule has 5 atom stereocenters. The Labute approximate surface area is 549 Å². The number of carbonyl (C=O) groups is 4. The second-order valence-electron chi connectivity index (χ2n) is 27.1. The molecule has 0 saturated heterocycles. The van der Waals surface area contributed by atoms with Gasteiger partial charge < -0.3 is 33.8 Å². The van der Waals surface area contributed by atoms with Gasteiger partial charge in [-0.1, -0.05) is 305 Å². The summed E-state index contributed by atoms with van der Waals surface area (Å²) < 4.78 is 68.3. The molecule has 0 aromatic rings. The van der Waals surface area contributed by atoms with E-state index in [0.29, 0.717) is 37.5 Å². The summed E-state index contributed by atoms with van der Waals surface area (Å²) in [6, 6.07) is 0. The zero-order valence-corrected chi connectivity index (χ0v) is 60.4. The number of aliphatic hydroxyl groups is 1. The van der Waals surface area contributed by atoms with E-state index in [1.165, 1.54) is 161 Å². The Kier molecular flexibility index (Phi) is 60.6. The molecule has 19 heteroatoms. The summed E-state index contributed by atoms with van der Waals surface area (Å²) >= 11 is 0. The molecule has 3 N–H and O–H groups in total. The van der Waals surface area contributed by atoms with E-state index in [0.717, 1.165) is 102 Å². The number of hydrogen-bond acceptors (Lipinski definition) is 15. The highest BCUT2D eigenvalue weighted by Crippen LogP contribution is 2.45. The molecule has 534 valence electrons. The maximum absolute atomic E-state index is 13.0. The lowest BCUT2D eigenvalue weighted by molar-refractivity contribution is -0.161. The first kappa shape index (κ1) is 88.1. The summed E-state index contributed by atoms with van der Waals surface area (Å²) in [7, 11) is -9.90. The molecule has 17 nitrogen and oxygen atoms in total. The van der Waals surface area contributed by atoms with Crippen LogP contribution in [0, 0.1) is 17.8 Å². The maximum atomic E-state index is 13.0. The fraction of sp³-hybridized carbons (Fsp3) is 0.944. The molecule has 0 fully saturated rings. The molecular weight excluding hydrogens is 1190 g/mol. The molecule has 0 aliphatic rings. The summed E-state index contributed by atoms with van der Waals surface area (Å²) in [5.41, 5.74) is 0. The number of aliphatic hydroxyl groups excluding tert-OH is 1. The Hall–Kier alpha value is -1.94. The lowest BCUT2D eigenvalue weighted by Gasteiger charge is -2.21. The predicted molar refractivity (Wildman–Crippen MR) is 363 cm³/mol. The van der Waals surface area contributed by atoms with E-state index in [4.69, 9.17) is 37.0 Å². The largest absolute Gasteiger partial charge is 0.472 e. The zero-order valence-electron chi connectivity index (χ0n) is 58.6. The van der Waals surface area contributed by atoms with Gasteiger partial charge in [0, 0.05) is 25.7 Å². The van der Waals surface area contributed by atoms with Crippen LogP contribution in [0.4, 0.5) is 0 Å². The van der Waals surface area contributed by atoms with Crippen LogP contribution in [-0.2, 0) is 65.4 Å². The number of rotatable bonds is 69. The molecule has 0 aliphatic carbocycles. The van der Waals surface area contributed by atoms with Gasteiger partial charge in [0.2, 0.25) is 0 Å². The maximum Gasteiger partial charge on any atom is 0.472 e. The summed E-state index contributed by atoms with van der Waals surface area (Å²) in [6.07, 6.45) is 46.1. The monoisotopic (exact) mass is 1320 g/mol. The van der Waals surface area contributed by atoms with Gasteiger partial charge in [0.1, 0.15) is 19.3 Å². The molecule has 2 unspecified atom stereocenters. The van der Waals surface area contributed by atoms with Crippen molar-refractivity contribution in [2.24, 2.45) is 17.8 Å². The molecule has 0 aliphatic heterocycles. The van der Waals surface area contributed by atoms with E-state index < -0.39 is 97.5 Å². The molecule has 0 saturated carbocycles. The van der Waals surface area contributed by atoms with Gasteiger partial charge in [-0.2, -0.15) is 0 Å². The van der Waals surface area contributed by atoms with Crippen LogP contribution in [0.5, 0.6) is 0 Å². The van der Waals surface area contributed by atoms with Crippen LogP contribution in [0.15, 0.2) is 0 Å².